The van der Waals surface area contributed by atoms with Gasteiger partial charge in [0.05, 0.1) is 6.61 Å². The number of sulfonamides is 1. The van der Waals surface area contributed by atoms with Gasteiger partial charge in [-0.1, -0.05) is 12.2 Å². The fraction of sp³-hybridized carbons (Fsp3) is 0.400. The van der Waals surface area contributed by atoms with Crippen molar-refractivity contribution in [1.29, 1.82) is 0 Å². The normalized spacial score (nSPS) is 11.4. The second kappa shape index (κ2) is 6.74. The van der Waals surface area contributed by atoms with Gasteiger partial charge in [-0.25, -0.2) is 13.1 Å². The van der Waals surface area contributed by atoms with Crippen LogP contribution in [0.2, 0.25) is 0 Å². The molecule has 0 bridgehead atoms. The van der Waals surface area contributed by atoms with E-state index >= 15 is 0 Å². The van der Waals surface area contributed by atoms with E-state index in [1.54, 1.807) is 0 Å². The molecule has 8 heteroatoms. The smallest absolute Gasteiger partial charge is 0.242 e. The van der Waals surface area contributed by atoms with Crippen molar-refractivity contribution < 1.29 is 13.2 Å². The SMILES string of the molecule is CCOCCNS(=O)(=O)c1cccnc1C(N)=S. The topological polar surface area (TPSA) is 94.3 Å². The minimum absolute atomic E-state index is 0.0194. The maximum Gasteiger partial charge on any atom is 0.242 e. The molecule has 1 rings (SSSR count). The zero-order chi connectivity index (χ0) is 13.6. The molecule has 0 aliphatic heterocycles. The van der Waals surface area contributed by atoms with E-state index in [-0.39, 0.29) is 22.1 Å². The van der Waals surface area contributed by atoms with E-state index in [2.05, 4.69) is 9.71 Å². The van der Waals surface area contributed by atoms with E-state index in [9.17, 15) is 8.42 Å². The minimum atomic E-state index is -3.68. The Labute approximate surface area is 112 Å². The Morgan fingerprint density at radius 3 is 2.94 bits per heavy atom. The summed E-state index contributed by atoms with van der Waals surface area (Å²) in [5, 5.41) is 0. The molecule has 0 aromatic carbocycles. The summed E-state index contributed by atoms with van der Waals surface area (Å²) in [6.45, 7) is 2.85. The number of rotatable bonds is 7. The Morgan fingerprint density at radius 2 is 2.33 bits per heavy atom. The molecule has 1 aromatic heterocycles. The monoisotopic (exact) mass is 289 g/mol. The van der Waals surface area contributed by atoms with Gasteiger partial charge in [0.25, 0.3) is 0 Å². The Kier molecular flexibility index (Phi) is 5.60. The zero-order valence-electron chi connectivity index (χ0n) is 9.92. The lowest BCUT2D eigenvalue weighted by Gasteiger charge is -2.09. The molecule has 100 valence electrons. The van der Waals surface area contributed by atoms with Crippen LogP contribution in [0.3, 0.4) is 0 Å². The Morgan fingerprint density at radius 1 is 1.61 bits per heavy atom. The lowest BCUT2D eigenvalue weighted by atomic mass is 10.3. The number of nitrogens with zero attached hydrogens (tertiary/aromatic N) is 1. The zero-order valence-corrected chi connectivity index (χ0v) is 11.6. The van der Waals surface area contributed by atoms with Crippen LogP contribution in [0.15, 0.2) is 23.2 Å². The van der Waals surface area contributed by atoms with Crippen LogP contribution >= 0.6 is 12.2 Å². The third-order valence-electron chi connectivity index (χ3n) is 2.04. The highest BCUT2D eigenvalue weighted by Crippen LogP contribution is 2.12. The minimum Gasteiger partial charge on any atom is -0.388 e. The molecule has 0 saturated carbocycles. The molecule has 0 unspecified atom stereocenters. The van der Waals surface area contributed by atoms with Crippen LogP contribution in [-0.4, -0.2) is 38.1 Å². The van der Waals surface area contributed by atoms with Gasteiger partial charge in [0, 0.05) is 19.3 Å². The number of hydrogen-bond acceptors (Lipinski definition) is 5. The molecule has 1 aromatic rings. The van der Waals surface area contributed by atoms with Crippen molar-refractivity contribution in [3.63, 3.8) is 0 Å². The lowest BCUT2D eigenvalue weighted by Crippen LogP contribution is -2.30. The van der Waals surface area contributed by atoms with Crippen LogP contribution < -0.4 is 10.5 Å². The van der Waals surface area contributed by atoms with E-state index in [0.29, 0.717) is 13.2 Å². The predicted molar refractivity (Wildman–Crippen MR) is 71.8 cm³/mol. The van der Waals surface area contributed by atoms with Crippen molar-refractivity contribution >= 4 is 27.2 Å². The fourth-order valence-corrected chi connectivity index (χ4v) is 2.67. The molecular formula is C10H15N3O3S2. The number of hydrogen-bond donors (Lipinski definition) is 2. The molecule has 0 spiro atoms. The molecule has 0 saturated heterocycles. The van der Waals surface area contributed by atoms with Gasteiger partial charge in [-0.3, -0.25) is 4.98 Å². The summed E-state index contributed by atoms with van der Waals surface area (Å²) in [7, 11) is -3.68. The summed E-state index contributed by atoms with van der Waals surface area (Å²) >= 11 is 4.77. The van der Waals surface area contributed by atoms with Gasteiger partial charge in [-0.2, -0.15) is 0 Å². The van der Waals surface area contributed by atoms with Crippen LogP contribution in [-0.2, 0) is 14.8 Å². The lowest BCUT2D eigenvalue weighted by molar-refractivity contribution is 0.153. The molecule has 1 heterocycles. The Balaban J connectivity index is 2.88. The van der Waals surface area contributed by atoms with E-state index in [4.69, 9.17) is 22.7 Å². The molecule has 3 N–H and O–H groups in total. The van der Waals surface area contributed by atoms with Gasteiger partial charge < -0.3 is 10.5 Å². The van der Waals surface area contributed by atoms with Crippen molar-refractivity contribution in [1.82, 2.24) is 9.71 Å². The molecule has 6 nitrogen and oxygen atoms in total. The van der Waals surface area contributed by atoms with Gasteiger partial charge in [0.15, 0.2) is 0 Å². The van der Waals surface area contributed by atoms with E-state index in [0.717, 1.165) is 0 Å². The van der Waals surface area contributed by atoms with Crippen LogP contribution in [0.25, 0.3) is 0 Å². The number of thiocarbonyl (C=S) groups is 1. The van der Waals surface area contributed by atoms with E-state index in [1.807, 2.05) is 6.92 Å². The van der Waals surface area contributed by atoms with Crippen molar-refractivity contribution in [3.05, 3.63) is 24.0 Å². The maximum absolute atomic E-state index is 12.0. The van der Waals surface area contributed by atoms with Crippen molar-refractivity contribution in [3.8, 4) is 0 Å². The summed E-state index contributed by atoms with van der Waals surface area (Å²) in [5.74, 6) is 0. The third kappa shape index (κ3) is 3.98. The first kappa shape index (κ1) is 15.0. The number of nitrogens with one attached hydrogen (secondary N) is 1. The van der Waals surface area contributed by atoms with Crippen LogP contribution in [0.1, 0.15) is 12.6 Å². The first-order valence-electron chi connectivity index (χ1n) is 5.31. The van der Waals surface area contributed by atoms with Crippen LogP contribution in [0.5, 0.6) is 0 Å². The van der Waals surface area contributed by atoms with Gasteiger partial charge in [-0.05, 0) is 19.1 Å². The van der Waals surface area contributed by atoms with Crippen LogP contribution in [0, 0.1) is 0 Å². The van der Waals surface area contributed by atoms with Gasteiger partial charge >= 0.3 is 0 Å². The number of aromatic nitrogens is 1. The highest BCUT2D eigenvalue weighted by molar-refractivity contribution is 7.89. The molecule has 0 amide bonds. The highest BCUT2D eigenvalue weighted by Gasteiger charge is 2.19. The quantitative estimate of drug-likeness (QED) is 0.543. The van der Waals surface area contributed by atoms with Gasteiger partial charge in [0.2, 0.25) is 10.0 Å². The number of pyridine rings is 1. The largest absolute Gasteiger partial charge is 0.388 e. The summed E-state index contributed by atoms with van der Waals surface area (Å²) in [6, 6.07) is 2.92. The predicted octanol–water partition coefficient (Wildman–Crippen LogP) is 0.0306. The first-order valence-corrected chi connectivity index (χ1v) is 7.20. The molecular weight excluding hydrogens is 274 g/mol. The van der Waals surface area contributed by atoms with Gasteiger partial charge in [-0.15, -0.1) is 0 Å². The standard InChI is InChI=1S/C10H15N3O3S2/c1-2-16-7-6-13-18(14,15)8-4-3-5-12-9(8)10(11)17/h3-5,13H,2,6-7H2,1H3,(H2,11,17). The van der Waals surface area contributed by atoms with Gasteiger partial charge in [0.1, 0.15) is 15.6 Å². The second-order valence-corrected chi connectivity index (χ2v) is 5.48. The Bertz CT molecular complexity index is 517. The summed E-state index contributed by atoms with van der Waals surface area (Å²) in [5.41, 5.74) is 5.53. The second-order valence-electron chi connectivity index (χ2n) is 3.31. The molecule has 0 aliphatic rings. The summed E-state index contributed by atoms with van der Waals surface area (Å²) in [6.07, 6.45) is 1.44. The molecule has 0 radical (unpaired) electrons. The third-order valence-corrected chi connectivity index (χ3v) is 3.72. The maximum atomic E-state index is 12.0. The first-order chi connectivity index (χ1) is 8.49. The fourth-order valence-electron chi connectivity index (χ4n) is 1.26. The molecule has 0 fully saturated rings. The summed E-state index contributed by atoms with van der Waals surface area (Å²) < 4.78 is 31.4. The van der Waals surface area contributed by atoms with Crippen molar-refractivity contribution in [2.45, 2.75) is 11.8 Å². The highest BCUT2D eigenvalue weighted by atomic mass is 32.2. The number of nitrogens with two attached hydrogens (primary N) is 1. The molecule has 18 heavy (non-hydrogen) atoms. The van der Waals surface area contributed by atoms with Crippen LogP contribution in [0.4, 0.5) is 0 Å². The van der Waals surface area contributed by atoms with Crippen molar-refractivity contribution in [2.24, 2.45) is 5.73 Å². The van der Waals surface area contributed by atoms with Crippen molar-refractivity contribution in [2.75, 3.05) is 19.8 Å². The van der Waals surface area contributed by atoms with E-state index in [1.165, 1.54) is 18.3 Å². The number of ether oxygens (including phenoxy) is 1. The average Bonchev–Trinajstić information content (AvgIpc) is 2.35. The summed E-state index contributed by atoms with van der Waals surface area (Å²) in [4.78, 5) is 3.80. The molecule has 0 atom stereocenters. The Hall–Kier alpha value is -1.09. The van der Waals surface area contributed by atoms with E-state index < -0.39 is 10.0 Å². The average molecular weight is 289 g/mol. The molecule has 0 aliphatic carbocycles.